The summed E-state index contributed by atoms with van der Waals surface area (Å²) in [6.07, 6.45) is 0.700. The van der Waals surface area contributed by atoms with E-state index >= 15 is 0 Å². The van der Waals surface area contributed by atoms with Crippen LogP contribution in [0.15, 0.2) is 18.2 Å². The van der Waals surface area contributed by atoms with Gasteiger partial charge in [0.25, 0.3) is 0 Å². The van der Waals surface area contributed by atoms with Crippen molar-refractivity contribution in [2.75, 3.05) is 25.0 Å². The molecule has 5 nitrogen and oxygen atoms in total. The highest BCUT2D eigenvalue weighted by atomic mass is 19.1. The molecule has 2 N–H and O–H groups in total. The number of carbonyl (C=O) groups excluding carboxylic acids is 2. The molecule has 0 radical (unpaired) electrons. The highest BCUT2D eigenvalue weighted by Gasteiger charge is 2.29. The fourth-order valence-electron chi connectivity index (χ4n) is 2.22. The van der Waals surface area contributed by atoms with Crippen molar-refractivity contribution in [1.29, 1.82) is 0 Å². The third kappa shape index (κ3) is 3.14. The van der Waals surface area contributed by atoms with Crippen LogP contribution in [0.3, 0.4) is 0 Å². The lowest BCUT2D eigenvalue weighted by molar-refractivity contribution is -0.142. The number of aliphatic hydroxyl groups excluding tert-OH is 1. The maximum Gasteiger partial charge on any atom is 0.313 e. The predicted octanol–water partition coefficient (Wildman–Crippen LogP) is 0.913. The number of carbonyl (C=O) groups is 2. The standard InChI is InChI=1S/C14H17FN2O3/c1-9-6-11(2-3-12(9)15)16-13(19)14(20)17-5-4-10(7-17)8-18/h2-3,6,10,18H,4-5,7-8H2,1H3,(H,16,19). The zero-order valence-electron chi connectivity index (χ0n) is 11.2. The van der Waals surface area contributed by atoms with Crippen LogP contribution in [0.1, 0.15) is 12.0 Å². The van der Waals surface area contributed by atoms with E-state index in [0.717, 1.165) is 0 Å². The number of aryl methyl sites for hydroxylation is 1. The SMILES string of the molecule is Cc1cc(NC(=O)C(=O)N2CCC(CO)C2)ccc1F. The summed E-state index contributed by atoms with van der Waals surface area (Å²) in [6, 6.07) is 4.13. The van der Waals surface area contributed by atoms with Crippen molar-refractivity contribution in [3.63, 3.8) is 0 Å². The molecule has 20 heavy (non-hydrogen) atoms. The first kappa shape index (κ1) is 14.5. The molecule has 6 heteroatoms. The van der Waals surface area contributed by atoms with Gasteiger partial charge in [-0.3, -0.25) is 9.59 Å². The molecule has 1 aromatic carbocycles. The van der Waals surface area contributed by atoms with Gasteiger partial charge in [0.1, 0.15) is 5.82 Å². The normalized spacial score (nSPS) is 18.1. The van der Waals surface area contributed by atoms with E-state index in [1.54, 1.807) is 6.92 Å². The van der Waals surface area contributed by atoms with Crippen molar-refractivity contribution in [3.8, 4) is 0 Å². The molecule has 1 aliphatic heterocycles. The monoisotopic (exact) mass is 280 g/mol. The molecule has 1 atom stereocenters. The minimum absolute atomic E-state index is 0.0164. The predicted molar refractivity (Wildman–Crippen MR) is 71.5 cm³/mol. The molecule has 108 valence electrons. The number of amides is 2. The summed E-state index contributed by atoms with van der Waals surface area (Å²) < 4.78 is 13.1. The van der Waals surface area contributed by atoms with Gasteiger partial charge >= 0.3 is 11.8 Å². The molecule has 1 aliphatic rings. The van der Waals surface area contributed by atoms with Gasteiger partial charge in [-0.05, 0) is 37.1 Å². The summed E-state index contributed by atoms with van der Waals surface area (Å²) in [5.74, 6) is -1.68. The Hall–Kier alpha value is -1.95. The van der Waals surface area contributed by atoms with E-state index in [2.05, 4.69) is 5.32 Å². The van der Waals surface area contributed by atoms with Crippen LogP contribution in [0.25, 0.3) is 0 Å². The van der Waals surface area contributed by atoms with Crippen molar-refractivity contribution < 1.29 is 19.1 Å². The summed E-state index contributed by atoms with van der Waals surface area (Å²) in [5.41, 5.74) is 0.789. The molecule has 2 rings (SSSR count). The summed E-state index contributed by atoms with van der Waals surface area (Å²) in [6.45, 7) is 2.47. The number of nitrogens with one attached hydrogen (secondary N) is 1. The molecule has 0 aliphatic carbocycles. The Morgan fingerprint density at radius 3 is 2.85 bits per heavy atom. The van der Waals surface area contributed by atoms with Gasteiger partial charge in [0.05, 0.1) is 0 Å². The molecular formula is C14H17FN2O3. The molecule has 0 spiro atoms. The van der Waals surface area contributed by atoms with Gasteiger partial charge in [-0.15, -0.1) is 0 Å². The van der Waals surface area contributed by atoms with Crippen molar-refractivity contribution >= 4 is 17.5 Å². The number of anilines is 1. The van der Waals surface area contributed by atoms with Crippen LogP contribution in [0, 0.1) is 18.7 Å². The van der Waals surface area contributed by atoms with Crippen molar-refractivity contribution in [3.05, 3.63) is 29.6 Å². The third-order valence-corrected chi connectivity index (χ3v) is 3.44. The number of benzene rings is 1. The smallest absolute Gasteiger partial charge is 0.313 e. The molecule has 0 saturated carbocycles. The van der Waals surface area contributed by atoms with Crippen LogP contribution >= 0.6 is 0 Å². The van der Waals surface area contributed by atoms with Crippen LogP contribution in [0.5, 0.6) is 0 Å². The molecular weight excluding hydrogens is 263 g/mol. The number of halogens is 1. The van der Waals surface area contributed by atoms with Gasteiger partial charge in [-0.1, -0.05) is 0 Å². The van der Waals surface area contributed by atoms with Crippen LogP contribution in [0.2, 0.25) is 0 Å². The molecule has 0 aromatic heterocycles. The van der Waals surface area contributed by atoms with Gasteiger partial charge in [0.2, 0.25) is 0 Å². The molecule has 1 unspecified atom stereocenters. The fourth-order valence-corrected chi connectivity index (χ4v) is 2.22. The van der Waals surface area contributed by atoms with E-state index in [-0.39, 0.29) is 18.3 Å². The topological polar surface area (TPSA) is 69.6 Å². The quantitative estimate of drug-likeness (QED) is 0.791. The largest absolute Gasteiger partial charge is 0.396 e. The minimum atomic E-state index is -0.741. The Kier molecular flexibility index (Phi) is 4.34. The Balaban J connectivity index is 1.97. The fraction of sp³-hybridized carbons (Fsp3) is 0.429. The Labute approximate surface area is 116 Å². The maximum atomic E-state index is 13.1. The highest BCUT2D eigenvalue weighted by Crippen LogP contribution is 2.17. The number of aliphatic hydroxyl groups is 1. The molecule has 1 fully saturated rings. The molecule has 1 heterocycles. The molecule has 1 saturated heterocycles. The lowest BCUT2D eigenvalue weighted by atomic mass is 10.1. The van der Waals surface area contributed by atoms with Crippen molar-refractivity contribution in [2.45, 2.75) is 13.3 Å². The number of rotatable bonds is 2. The first-order valence-corrected chi connectivity index (χ1v) is 6.48. The van der Waals surface area contributed by atoms with Gasteiger partial charge < -0.3 is 15.3 Å². The zero-order chi connectivity index (χ0) is 14.7. The number of nitrogens with zero attached hydrogens (tertiary/aromatic N) is 1. The van der Waals surface area contributed by atoms with E-state index < -0.39 is 11.8 Å². The summed E-state index contributed by atoms with van der Waals surface area (Å²) in [7, 11) is 0. The van der Waals surface area contributed by atoms with Crippen molar-refractivity contribution in [2.24, 2.45) is 5.92 Å². The number of hydrogen-bond acceptors (Lipinski definition) is 3. The Morgan fingerprint density at radius 1 is 1.50 bits per heavy atom. The van der Waals surface area contributed by atoms with E-state index in [4.69, 9.17) is 5.11 Å². The third-order valence-electron chi connectivity index (χ3n) is 3.44. The Bertz CT molecular complexity index is 533. The number of hydrogen-bond donors (Lipinski definition) is 2. The van der Waals surface area contributed by atoms with E-state index in [1.165, 1.54) is 23.1 Å². The molecule has 0 bridgehead atoms. The summed E-state index contributed by atoms with van der Waals surface area (Å²) in [4.78, 5) is 25.2. The van der Waals surface area contributed by atoms with Gasteiger partial charge in [0, 0.05) is 31.3 Å². The molecule has 1 aromatic rings. The van der Waals surface area contributed by atoms with Crippen LogP contribution in [0.4, 0.5) is 10.1 Å². The second-order valence-corrected chi connectivity index (χ2v) is 5.01. The maximum absolute atomic E-state index is 13.1. The van der Waals surface area contributed by atoms with Gasteiger partial charge in [-0.2, -0.15) is 0 Å². The van der Waals surface area contributed by atoms with E-state index in [1.807, 2.05) is 0 Å². The Morgan fingerprint density at radius 2 is 2.25 bits per heavy atom. The number of likely N-dealkylation sites (tertiary alicyclic amines) is 1. The molecule has 2 amide bonds. The average Bonchev–Trinajstić information content (AvgIpc) is 2.91. The average molecular weight is 280 g/mol. The summed E-state index contributed by atoms with van der Waals surface area (Å²) >= 11 is 0. The summed E-state index contributed by atoms with van der Waals surface area (Å²) in [5, 5.41) is 11.5. The van der Waals surface area contributed by atoms with Gasteiger partial charge in [-0.25, -0.2) is 4.39 Å². The van der Waals surface area contributed by atoms with Gasteiger partial charge in [0.15, 0.2) is 0 Å². The zero-order valence-corrected chi connectivity index (χ0v) is 11.2. The van der Waals surface area contributed by atoms with Crippen LogP contribution < -0.4 is 5.32 Å². The van der Waals surface area contributed by atoms with Crippen LogP contribution in [-0.2, 0) is 9.59 Å². The minimum Gasteiger partial charge on any atom is -0.396 e. The van der Waals surface area contributed by atoms with Crippen LogP contribution in [-0.4, -0.2) is 41.5 Å². The van der Waals surface area contributed by atoms with E-state index in [9.17, 15) is 14.0 Å². The second kappa shape index (κ2) is 6.00. The lowest BCUT2D eigenvalue weighted by Crippen LogP contribution is -2.38. The second-order valence-electron chi connectivity index (χ2n) is 5.01. The van der Waals surface area contributed by atoms with E-state index in [0.29, 0.717) is 30.8 Å². The lowest BCUT2D eigenvalue weighted by Gasteiger charge is -2.15. The first-order chi connectivity index (χ1) is 9.51. The van der Waals surface area contributed by atoms with Crippen molar-refractivity contribution in [1.82, 2.24) is 4.90 Å². The highest BCUT2D eigenvalue weighted by molar-refractivity contribution is 6.39. The first-order valence-electron chi connectivity index (χ1n) is 6.48.